The number of halogens is 1. The molecule has 3 aromatic carbocycles. The monoisotopic (exact) mass is 559 g/mol. The van der Waals surface area contributed by atoms with Gasteiger partial charge in [-0.05, 0) is 60.7 Å². The molecule has 2 heterocycles. The molecule has 39 heavy (non-hydrogen) atoms. The van der Waals surface area contributed by atoms with E-state index in [1.807, 2.05) is 63.2 Å². The molecular weight excluding hydrogens is 533 g/mol. The Labute approximate surface area is 234 Å². The first-order chi connectivity index (χ1) is 18.8. The van der Waals surface area contributed by atoms with Crippen molar-refractivity contribution in [3.63, 3.8) is 0 Å². The van der Waals surface area contributed by atoms with Crippen LogP contribution in [0.3, 0.4) is 0 Å². The second kappa shape index (κ2) is 11.1. The molecule has 0 saturated carbocycles. The third kappa shape index (κ3) is 5.37. The predicted molar refractivity (Wildman–Crippen MR) is 152 cm³/mol. The Hall–Kier alpha value is -3.82. The average Bonchev–Trinajstić information content (AvgIpc) is 3.51. The van der Waals surface area contributed by atoms with Gasteiger partial charge in [-0.2, -0.15) is 0 Å². The van der Waals surface area contributed by atoms with Crippen LogP contribution in [0.25, 0.3) is 5.76 Å². The van der Waals surface area contributed by atoms with E-state index in [4.69, 9.17) is 0 Å². The Morgan fingerprint density at radius 2 is 1.69 bits per heavy atom. The zero-order valence-electron chi connectivity index (χ0n) is 21.6. The first-order valence-electron chi connectivity index (χ1n) is 12.4. The van der Waals surface area contributed by atoms with Crippen LogP contribution in [0.15, 0.2) is 76.6 Å². The van der Waals surface area contributed by atoms with E-state index in [2.05, 4.69) is 10.2 Å². The molecule has 1 unspecified atom stereocenters. The largest absolute Gasteiger partial charge is 0.507 e. The van der Waals surface area contributed by atoms with Crippen LogP contribution in [0.4, 0.5) is 9.52 Å². The molecule has 6 nitrogen and oxygen atoms in total. The number of anilines is 1. The molecule has 1 aliphatic rings. The number of nitrogens with zero attached hydrogens (tertiary/aromatic N) is 3. The zero-order chi connectivity index (χ0) is 27.7. The number of thioether (sulfide) groups is 1. The van der Waals surface area contributed by atoms with E-state index in [-0.39, 0.29) is 22.3 Å². The Balaban J connectivity index is 1.56. The lowest BCUT2D eigenvalue weighted by Crippen LogP contribution is -2.29. The standard InChI is InChI=1S/C30H26FN3O3S2/c1-4-19-7-11-21(12-8-19)25-24(26(35)23-15-17(2)5-6-18(23)3)27(36)28(37)34(25)29-32-33-30(39-29)38-16-20-9-13-22(31)14-10-20/h5-15,25,35H,4,16H2,1-3H3. The number of hydrogen-bond acceptors (Lipinski definition) is 7. The number of aliphatic hydroxyl groups is 1. The molecule has 1 fully saturated rings. The van der Waals surface area contributed by atoms with Gasteiger partial charge in [0.25, 0.3) is 5.78 Å². The van der Waals surface area contributed by atoms with Gasteiger partial charge in [-0.25, -0.2) is 4.39 Å². The maximum absolute atomic E-state index is 13.5. The highest BCUT2D eigenvalue weighted by atomic mass is 32.2. The Morgan fingerprint density at radius 1 is 1.00 bits per heavy atom. The topological polar surface area (TPSA) is 83.4 Å². The minimum Gasteiger partial charge on any atom is -0.507 e. The van der Waals surface area contributed by atoms with Crippen LogP contribution < -0.4 is 4.90 Å². The molecule has 0 radical (unpaired) electrons. The van der Waals surface area contributed by atoms with Crippen molar-refractivity contribution in [2.45, 2.75) is 43.3 Å². The van der Waals surface area contributed by atoms with Crippen LogP contribution in [0.5, 0.6) is 0 Å². The highest BCUT2D eigenvalue weighted by molar-refractivity contribution is 8.00. The second-order valence-corrected chi connectivity index (χ2v) is 11.5. The molecule has 1 aromatic heterocycles. The van der Waals surface area contributed by atoms with E-state index >= 15 is 0 Å². The van der Waals surface area contributed by atoms with Crippen LogP contribution in [0.1, 0.15) is 46.3 Å². The molecule has 1 N–H and O–H groups in total. The van der Waals surface area contributed by atoms with Crippen LogP contribution in [-0.2, 0) is 21.8 Å². The van der Waals surface area contributed by atoms with E-state index in [1.165, 1.54) is 40.1 Å². The van der Waals surface area contributed by atoms with Gasteiger partial charge in [-0.1, -0.05) is 84.1 Å². The molecule has 1 aliphatic heterocycles. The summed E-state index contributed by atoms with van der Waals surface area (Å²) in [5, 5.41) is 20.2. The number of rotatable bonds is 7. The number of aromatic nitrogens is 2. The smallest absolute Gasteiger partial charge is 0.301 e. The lowest BCUT2D eigenvalue weighted by molar-refractivity contribution is -0.132. The van der Waals surface area contributed by atoms with Gasteiger partial charge in [-0.3, -0.25) is 14.5 Å². The van der Waals surface area contributed by atoms with Gasteiger partial charge in [0.05, 0.1) is 11.6 Å². The lowest BCUT2D eigenvalue weighted by Gasteiger charge is -2.23. The van der Waals surface area contributed by atoms with Crippen molar-refractivity contribution in [2.24, 2.45) is 0 Å². The molecule has 0 spiro atoms. The third-order valence-electron chi connectivity index (χ3n) is 6.67. The summed E-state index contributed by atoms with van der Waals surface area (Å²) in [6.45, 7) is 5.81. The van der Waals surface area contributed by atoms with E-state index in [1.54, 1.807) is 12.1 Å². The Morgan fingerprint density at radius 3 is 2.38 bits per heavy atom. The second-order valence-electron chi connectivity index (χ2n) is 9.35. The van der Waals surface area contributed by atoms with E-state index in [0.717, 1.165) is 28.7 Å². The molecule has 4 aromatic rings. The minimum absolute atomic E-state index is 0.0219. The summed E-state index contributed by atoms with van der Waals surface area (Å²) >= 11 is 2.60. The molecule has 5 rings (SSSR count). The zero-order valence-corrected chi connectivity index (χ0v) is 23.3. The third-order valence-corrected chi connectivity index (χ3v) is 8.80. The normalized spacial score (nSPS) is 16.7. The van der Waals surface area contributed by atoms with E-state index in [0.29, 0.717) is 21.2 Å². The fraction of sp³-hybridized carbons (Fsp3) is 0.200. The number of amides is 1. The molecule has 1 amide bonds. The maximum atomic E-state index is 13.5. The quantitative estimate of drug-likeness (QED) is 0.0884. The molecule has 198 valence electrons. The molecule has 1 saturated heterocycles. The maximum Gasteiger partial charge on any atom is 0.301 e. The van der Waals surface area contributed by atoms with Crippen molar-refractivity contribution in [2.75, 3.05) is 4.90 Å². The number of hydrogen-bond donors (Lipinski definition) is 1. The summed E-state index contributed by atoms with van der Waals surface area (Å²) in [5.74, 6) is -1.50. The first-order valence-corrected chi connectivity index (χ1v) is 14.2. The number of aliphatic hydroxyl groups excluding tert-OH is 1. The Bertz CT molecular complexity index is 1580. The van der Waals surface area contributed by atoms with E-state index in [9.17, 15) is 19.1 Å². The van der Waals surface area contributed by atoms with Gasteiger partial charge >= 0.3 is 5.91 Å². The van der Waals surface area contributed by atoms with Crippen molar-refractivity contribution in [1.29, 1.82) is 0 Å². The van der Waals surface area contributed by atoms with Gasteiger partial charge in [0, 0.05) is 11.3 Å². The molecular formula is C30H26FN3O3S2. The average molecular weight is 560 g/mol. The van der Waals surface area contributed by atoms with Gasteiger partial charge in [-0.15, -0.1) is 10.2 Å². The van der Waals surface area contributed by atoms with Crippen LogP contribution in [-0.4, -0.2) is 27.0 Å². The SMILES string of the molecule is CCc1ccc(C2C(=C(O)c3cc(C)ccc3C)C(=O)C(=O)N2c2nnc(SCc3ccc(F)cc3)s2)cc1. The summed E-state index contributed by atoms with van der Waals surface area (Å²) in [5.41, 5.74) is 4.97. The van der Waals surface area contributed by atoms with Crippen LogP contribution in [0, 0.1) is 19.7 Å². The molecule has 0 aliphatic carbocycles. The van der Waals surface area contributed by atoms with Gasteiger partial charge in [0.1, 0.15) is 11.6 Å². The number of benzene rings is 3. The fourth-order valence-electron chi connectivity index (χ4n) is 4.50. The van der Waals surface area contributed by atoms with Crippen molar-refractivity contribution in [3.8, 4) is 0 Å². The number of aryl methyl sites for hydroxylation is 3. The summed E-state index contributed by atoms with van der Waals surface area (Å²) in [6, 6.07) is 18.6. The highest BCUT2D eigenvalue weighted by Gasteiger charge is 2.48. The molecule has 9 heteroatoms. The van der Waals surface area contributed by atoms with Crippen LogP contribution in [0.2, 0.25) is 0 Å². The summed E-state index contributed by atoms with van der Waals surface area (Å²) in [4.78, 5) is 28.3. The van der Waals surface area contributed by atoms with Gasteiger partial charge < -0.3 is 5.11 Å². The highest BCUT2D eigenvalue weighted by Crippen LogP contribution is 2.44. The first kappa shape index (κ1) is 26.8. The summed E-state index contributed by atoms with van der Waals surface area (Å²) in [7, 11) is 0. The van der Waals surface area contributed by atoms with Gasteiger partial charge in [0.2, 0.25) is 5.13 Å². The Kier molecular flexibility index (Phi) is 7.63. The number of Topliss-reactive ketones (excluding diaryl/α,β-unsaturated/α-hetero) is 1. The van der Waals surface area contributed by atoms with Crippen LogP contribution >= 0.6 is 23.1 Å². The van der Waals surface area contributed by atoms with Crippen molar-refractivity contribution < 1.29 is 19.1 Å². The van der Waals surface area contributed by atoms with Crippen molar-refractivity contribution in [1.82, 2.24) is 10.2 Å². The lowest BCUT2D eigenvalue weighted by atomic mass is 9.93. The summed E-state index contributed by atoms with van der Waals surface area (Å²) in [6.07, 6.45) is 0.841. The summed E-state index contributed by atoms with van der Waals surface area (Å²) < 4.78 is 13.8. The fourth-order valence-corrected chi connectivity index (χ4v) is 6.32. The molecule has 0 bridgehead atoms. The number of carbonyl (C=O) groups excluding carboxylic acids is 2. The van der Waals surface area contributed by atoms with E-state index < -0.39 is 17.7 Å². The number of ketones is 1. The predicted octanol–water partition coefficient (Wildman–Crippen LogP) is 6.78. The van der Waals surface area contributed by atoms with Crippen molar-refractivity contribution in [3.05, 3.63) is 112 Å². The van der Waals surface area contributed by atoms with Crippen molar-refractivity contribution >= 4 is 45.7 Å². The molecule has 1 atom stereocenters. The number of carbonyl (C=O) groups is 2. The minimum atomic E-state index is -0.862. The van der Waals surface area contributed by atoms with Gasteiger partial charge in [0.15, 0.2) is 4.34 Å².